The van der Waals surface area contributed by atoms with Crippen molar-refractivity contribution in [3.05, 3.63) is 34.9 Å². The summed E-state index contributed by atoms with van der Waals surface area (Å²) < 4.78 is 0. The second-order valence-electron chi connectivity index (χ2n) is 6.64. The van der Waals surface area contributed by atoms with Crippen LogP contribution in [0.25, 0.3) is 0 Å². The summed E-state index contributed by atoms with van der Waals surface area (Å²) in [4.78, 5) is 2.37. The van der Waals surface area contributed by atoms with Gasteiger partial charge in [-0.3, -0.25) is 0 Å². The van der Waals surface area contributed by atoms with Crippen molar-refractivity contribution < 1.29 is 5.11 Å². The molecular formula is C18H29NO. The molecule has 1 saturated carbocycles. The number of aliphatic hydroxyl groups excluding tert-OH is 1. The second kappa shape index (κ2) is 6.73. The van der Waals surface area contributed by atoms with Gasteiger partial charge in [-0.25, -0.2) is 0 Å². The maximum absolute atomic E-state index is 10.6. The highest BCUT2D eigenvalue weighted by molar-refractivity contribution is 5.32. The number of hydrogen-bond acceptors (Lipinski definition) is 2. The van der Waals surface area contributed by atoms with Crippen LogP contribution in [0.1, 0.15) is 55.4 Å². The van der Waals surface area contributed by atoms with E-state index in [4.69, 9.17) is 0 Å². The van der Waals surface area contributed by atoms with Crippen LogP contribution in [0.4, 0.5) is 0 Å². The molecule has 0 saturated heterocycles. The third-order valence-electron chi connectivity index (χ3n) is 4.89. The van der Waals surface area contributed by atoms with Gasteiger partial charge in [0.2, 0.25) is 0 Å². The highest BCUT2D eigenvalue weighted by atomic mass is 16.3. The number of hydrogen-bond donors (Lipinski definition) is 1. The molecule has 1 aliphatic carbocycles. The number of rotatable bonds is 4. The molecule has 2 rings (SSSR count). The molecule has 0 bridgehead atoms. The predicted octanol–water partition coefficient (Wildman–Crippen LogP) is 3.85. The van der Waals surface area contributed by atoms with Crippen LogP contribution < -0.4 is 0 Å². The number of aliphatic hydroxyl groups is 1. The molecular weight excluding hydrogens is 246 g/mol. The van der Waals surface area contributed by atoms with Gasteiger partial charge >= 0.3 is 0 Å². The first kappa shape index (κ1) is 15.5. The fraction of sp³-hybridized carbons (Fsp3) is 0.667. The standard InChI is InChI=1S/C18H29NO/c1-13-9-10-14(2)16(11-13)18(20)12-19(4)17-8-6-5-7-15(17)3/h9-11,15,17-18,20H,5-8,12H2,1-4H3. The minimum Gasteiger partial charge on any atom is -0.387 e. The summed E-state index contributed by atoms with van der Waals surface area (Å²) in [6.45, 7) is 7.26. The van der Waals surface area contributed by atoms with Gasteiger partial charge in [0.25, 0.3) is 0 Å². The van der Waals surface area contributed by atoms with Crippen LogP contribution in [0, 0.1) is 19.8 Å². The van der Waals surface area contributed by atoms with E-state index < -0.39 is 0 Å². The molecule has 112 valence electrons. The monoisotopic (exact) mass is 275 g/mol. The molecule has 0 spiro atoms. The number of likely N-dealkylation sites (N-methyl/N-ethyl adjacent to an activating group) is 1. The zero-order valence-electron chi connectivity index (χ0n) is 13.4. The van der Waals surface area contributed by atoms with E-state index >= 15 is 0 Å². The topological polar surface area (TPSA) is 23.5 Å². The van der Waals surface area contributed by atoms with Crippen molar-refractivity contribution in [3.63, 3.8) is 0 Å². The molecule has 1 aromatic rings. The Balaban J connectivity index is 2.03. The van der Waals surface area contributed by atoms with E-state index in [0.29, 0.717) is 6.04 Å². The summed E-state index contributed by atoms with van der Waals surface area (Å²) in [5.41, 5.74) is 3.49. The van der Waals surface area contributed by atoms with E-state index in [2.05, 4.69) is 50.9 Å². The second-order valence-corrected chi connectivity index (χ2v) is 6.64. The van der Waals surface area contributed by atoms with Gasteiger partial charge in [-0.2, -0.15) is 0 Å². The van der Waals surface area contributed by atoms with E-state index in [9.17, 15) is 5.11 Å². The quantitative estimate of drug-likeness (QED) is 0.902. The van der Waals surface area contributed by atoms with Crippen LogP contribution in [0.5, 0.6) is 0 Å². The molecule has 0 heterocycles. The average Bonchev–Trinajstić information content (AvgIpc) is 2.41. The largest absolute Gasteiger partial charge is 0.387 e. The smallest absolute Gasteiger partial charge is 0.0919 e. The Morgan fingerprint density at radius 2 is 1.95 bits per heavy atom. The fourth-order valence-corrected chi connectivity index (χ4v) is 3.58. The number of aryl methyl sites for hydroxylation is 2. The van der Waals surface area contributed by atoms with Crippen LogP contribution in [0.15, 0.2) is 18.2 Å². The van der Waals surface area contributed by atoms with Crippen molar-refractivity contribution in [1.82, 2.24) is 4.90 Å². The number of nitrogens with zero attached hydrogens (tertiary/aromatic N) is 1. The lowest BCUT2D eigenvalue weighted by Crippen LogP contribution is -2.41. The van der Waals surface area contributed by atoms with Crippen LogP contribution in [-0.4, -0.2) is 29.6 Å². The van der Waals surface area contributed by atoms with Crippen LogP contribution >= 0.6 is 0 Å². The molecule has 1 N–H and O–H groups in total. The number of benzene rings is 1. The van der Waals surface area contributed by atoms with E-state index in [1.54, 1.807) is 0 Å². The van der Waals surface area contributed by atoms with E-state index in [1.807, 2.05) is 0 Å². The lowest BCUT2D eigenvalue weighted by molar-refractivity contribution is 0.0707. The Morgan fingerprint density at radius 3 is 2.65 bits per heavy atom. The SMILES string of the molecule is Cc1ccc(C)c(C(O)CN(C)C2CCCCC2C)c1. The molecule has 0 aliphatic heterocycles. The van der Waals surface area contributed by atoms with Gasteiger partial charge < -0.3 is 10.0 Å². The fourth-order valence-electron chi connectivity index (χ4n) is 3.58. The lowest BCUT2D eigenvalue weighted by atomic mass is 9.85. The third kappa shape index (κ3) is 3.62. The molecule has 0 amide bonds. The van der Waals surface area contributed by atoms with E-state index in [1.165, 1.54) is 36.8 Å². The Kier molecular flexibility index (Phi) is 5.22. The lowest BCUT2D eigenvalue weighted by Gasteiger charge is -2.37. The molecule has 1 aliphatic rings. The van der Waals surface area contributed by atoms with Gasteiger partial charge in [0, 0.05) is 12.6 Å². The predicted molar refractivity (Wildman–Crippen MR) is 84.9 cm³/mol. The van der Waals surface area contributed by atoms with E-state index in [-0.39, 0.29) is 6.10 Å². The van der Waals surface area contributed by atoms with Gasteiger partial charge in [0.05, 0.1) is 6.10 Å². The van der Waals surface area contributed by atoms with Crippen LogP contribution in [0.3, 0.4) is 0 Å². The first-order chi connectivity index (χ1) is 9.49. The Morgan fingerprint density at radius 1 is 1.25 bits per heavy atom. The maximum atomic E-state index is 10.6. The first-order valence-electron chi connectivity index (χ1n) is 7.94. The minimum absolute atomic E-state index is 0.381. The molecule has 2 heteroatoms. The molecule has 3 unspecified atom stereocenters. The van der Waals surface area contributed by atoms with Gasteiger partial charge in [-0.15, -0.1) is 0 Å². The minimum atomic E-state index is -0.381. The van der Waals surface area contributed by atoms with Crippen LogP contribution in [-0.2, 0) is 0 Å². The highest BCUT2D eigenvalue weighted by Crippen LogP contribution is 2.29. The molecule has 1 aromatic carbocycles. The van der Waals surface area contributed by atoms with Crippen molar-refractivity contribution in [1.29, 1.82) is 0 Å². The van der Waals surface area contributed by atoms with Gasteiger partial charge in [0.15, 0.2) is 0 Å². The van der Waals surface area contributed by atoms with Crippen molar-refractivity contribution in [2.24, 2.45) is 5.92 Å². The third-order valence-corrected chi connectivity index (χ3v) is 4.89. The average molecular weight is 275 g/mol. The van der Waals surface area contributed by atoms with Crippen molar-refractivity contribution >= 4 is 0 Å². The molecule has 1 fully saturated rings. The summed E-state index contributed by atoms with van der Waals surface area (Å²) >= 11 is 0. The van der Waals surface area contributed by atoms with Crippen molar-refractivity contribution in [2.75, 3.05) is 13.6 Å². The Bertz CT molecular complexity index is 443. The zero-order valence-corrected chi connectivity index (χ0v) is 13.4. The molecule has 20 heavy (non-hydrogen) atoms. The van der Waals surface area contributed by atoms with E-state index in [0.717, 1.165) is 18.0 Å². The molecule has 3 atom stereocenters. The van der Waals surface area contributed by atoms with Gasteiger partial charge in [-0.05, 0) is 50.8 Å². The molecule has 2 nitrogen and oxygen atoms in total. The summed E-state index contributed by atoms with van der Waals surface area (Å²) in [7, 11) is 2.17. The summed E-state index contributed by atoms with van der Waals surface area (Å²) in [5, 5.41) is 10.6. The summed E-state index contributed by atoms with van der Waals surface area (Å²) in [6, 6.07) is 6.97. The Hall–Kier alpha value is -0.860. The van der Waals surface area contributed by atoms with Crippen molar-refractivity contribution in [2.45, 2.75) is 58.6 Å². The maximum Gasteiger partial charge on any atom is 0.0919 e. The van der Waals surface area contributed by atoms with Gasteiger partial charge in [-0.1, -0.05) is 43.5 Å². The zero-order chi connectivity index (χ0) is 14.7. The summed E-state index contributed by atoms with van der Waals surface area (Å²) in [6.07, 6.45) is 4.92. The van der Waals surface area contributed by atoms with Crippen LogP contribution in [0.2, 0.25) is 0 Å². The molecule has 0 radical (unpaired) electrons. The summed E-state index contributed by atoms with van der Waals surface area (Å²) in [5.74, 6) is 0.750. The van der Waals surface area contributed by atoms with Gasteiger partial charge in [0.1, 0.15) is 0 Å². The Labute approximate surface area is 123 Å². The normalized spacial score (nSPS) is 24.9. The first-order valence-corrected chi connectivity index (χ1v) is 7.94. The molecule has 0 aromatic heterocycles. The van der Waals surface area contributed by atoms with Crippen molar-refractivity contribution in [3.8, 4) is 0 Å². The highest BCUT2D eigenvalue weighted by Gasteiger charge is 2.26.